The van der Waals surface area contributed by atoms with E-state index in [9.17, 15) is 9.90 Å². The lowest BCUT2D eigenvalue weighted by Crippen LogP contribution is -2.32. The van der Waals surface area contributed by atoms with Crippen molar-refractivity contribution in [2.24, 2.45) is 5.92 Å². The highest BCUT2D eigenvalue weighted by atomic mass is 32.1. The molecule has 0 aromatic carbocycles. The van der Waals surface area contributed by atoms with Crippen LogP contribution in [0.4, 0.5) is 5.13 Å². The van der Waals surface area contributed by atoms with Gasteiger partial charge in [-0.15, -0.1) is 11.3 Å². The number of likely N-dealkylation sites (tertiary alicyclic amines) is 1. The summed E-state index contributed by atoms with van der Waals surface area (Å²) in [6.07, 6.45) is 2.34. The molecular formula is C11H17N3O2S. The lowest BCUT2D eigenvalue weighted by atomic mass is 10.0. The maximum absolute atomic E-state index is 11.7. The molecule has 2 N–H and O–H groups in total. The number of rotatable bonds is 4. The minimum absolute atomic E-state index is 0.0359. The molecule has 1 saturated heterocycles. The molecule has 0 aliphatic carbocycles. The molecule has 0 spiro atoms. The van der Waals surface area contributed by atoms with Gasteiger partial charge in [0.2, 0.25) is 5.91 Å². The van der Waals surface area contributed by atoms with Gasteiger partial charge >= 0.3 is 0 Å². The second-order valence-corrected chi connectivity index (χ2v) is 5.30. The van der Waals surface area contributed by atoms with Crippen LogP contribution in [0.15, 0.2) is 11.6 Å². The number of carbonyl (C=O) groups excluding carboxylic acids is 1. The molecule has 1 fully saturated rings. The molecule has 1 aromatic rings. The van der Waals surface area contributed by atoms with Crippen LogP contribution in [0.1, 0.15) is 13.3 Å². The summed E-state index contributed by atoms with van der Waals surface area (Å²) in [5, 5.41) is 14.7. The maximum Gasteiger partial charge on any atom is 0.240 e. The summed E-state index contributed by atoms with van der Waals surface area (Å²) >= 11 is 1.41. The van der Waals surface area contributed by atoms with Crippen LogP contribution < -0.4 is 5.32 Å². The Labute approximate surface area is 104 Å². The van der Waals surface area contributed by atoms with Gasteiger partial charge in [0.15, 0.2) is 5.13 Å². The highest BCUT2D eigenvalue weighted by Crippen LogP contribution is 2.19. The first kappa shape index (κ1) is 12.5. The Kier molecular flexibility index (Phi) is 4.09. The van der Waals surface area contributed by atoms with E-state index in [1.54, 1.807) is 6.20 Å². The van der Waals surface area contributed by atoms with Crippen molar-refractivity contribution in [1.29, 1.82) is 0 Å². The van der Waals surface area contributed by atoms with E-state index in [0.717, 1.165) is 19.5 Å². The first-order valence-corrected chi connectivity index (χ1v) is 6.63. The number of carbonyl (C=O) groups is 1. The molecule has 1 aromatic heterocycles. The summed E-state index contributed by atoms with van der Waals surface area (Å²) in [5.41, 5.74) is 0. The van der Waals surface area contributed by atoms with Crippen molar-refractivity contribution in [3.8, 4) is 0 Å². The Bertz CT molecular complexity index is 367. The summed E-state index contributed by atoms with van der Waals surface area (Å²) in [6.45, 7) is 3.86. The Hall–Kier alpha value is -0.980. The molecule has 2 heterocycles. The van der Waals surface area contributed by atoms with Gasteiger partial charge in [-0.25, -0.2) is 4.98 Å². The quantitative estimate of drug-likeness (QED) is 0.834. The molecular weight excluding hydrogens is 238 g/mol. The lowest BCUT2D eigenvalue weighted by molar-refractivity contribution is -0.117. The number of nitrogens with zero attached hydrogens (tertiary/aromatic N) is 2. The molecule has 5 nitrogen and oxygen atoms in total. The summed E-state index contributed by atoms with van der Waals surface area (Å²) in [5.74, 6) is 0.258. The van der Waals surface area contributed by atoms with Crippen LogP contribution in [0.25, 0.3) is 0 Å². The van der Waals surface area contributed by atoms with Crippen molar-refractivity contribution in [2.75, 3.05) is 25.0 Å². The van der Waals surface area contributed by atoms with E-state index in [4.69, 9.17) is 0 Å². The first-order chi connectivity index (χ1) is 8.15. The minimum atomic E-state index is -0.290. The molecule has 2 rings (SSSR count). The Morgan fingerprint density at radius 2 is 2.65 bits per heavy atom. The number of anilines is 1. The number of nitrogens with one attached hydrogen (secondary N) is 1. The number of thiazole rings is 1. The largest absolute Gasteiger partial charge is 0.393 e. The van der Waals surface area contributed by atoms with Crippen LogP contribution in [-0.4, -0.2) is 46.6 Å². The smallest absolute Gasteiger partial charge is 0.240 e. The Balaban J connectivity index is 1.76. The molecule has 17 heavy (non-hydrogen) atoms. The Morgan fingerprint density at radius 1 is 1.82 bits per heavy atom. The van der Waals surface area contributed by atoms with E-state index >= 15 is 0 Å². The third kappa shape index (κ3) is 3.49. The SMILES string of the molecule is CC(O)C1CCN(CC(=O)Nc2nccs2)C1. The predicted molar refractivity (Wildman–Crippen MR) is 67.0 cm³/mol. The van der Waals surface area contributed by atoms with Gasteiger partial charge in [0.1, 0.15) is 0 Å². The van der Waals surface area contributed by atoms with Crippen LogP contribution >= 0.6 is 11.3 Å². The van der Waals surface area contributed by atoms with Crippen LogP contribution in [-0.2, 0) is 4.79 Å². The fraction of sp³-hybridized carbons (Fsp3) is 0.636. The molecule has 0 bridgehead atoms. The summed E-state index contributed by atoms with van der Waals surface area (Å²) in [7, 11) is 0. The number of aliphatic hydroxyl groups excluding tert-OH is 1. The van der Waals surface area contributed by atoms with Crippen molar-refractivity contribution in [3.05, 3.63) is 11.6 Å². The fourth-order valence-electron chi connectivity index (χ4n) is 2.05. The van der Waals surface area contributed by atoms with Crippen LogP contribution in [0.2, 0.25) is 0 Å². The fourth-order valence-corrected chi connectivity index (χ4v) is 2.59. The zero-order valence-electron chi connectivity index (χ0n) is 9.80. The highest BCUT2D eigenvalue weighted by molar-refractivity contribution is 7.13. The van der Waals surface area contributed by atoms with E-state index < -0.39 is 0 Å². The lowest BCUT2D eigenvalue weighted by Gasteiger charge is -2.16. The standard InChI is InChI=1S/C11H17N3O2S/c1-8(15)9-2-4-14(6-9)7-10(16)13-11-12-3-5-17-11/h3,5,8-9,15H,2,4,6-7H2,1H3,(H,12,13,16). The van der Waals surface area contributed by atoms with Gasteiger partial charge in [-0.05, 0) is 25.8 Å². The summed E-state index contributed by atoms with van der Waals surface area (Å²) < 4.78 is 0. The van der Waals surface area contributed by atoms with E-state index in [2.05, 4.69) is 15.2 Å². The van der Waals surface area contributed by atoms with Gasteiger partial charge in [0.25, 0.3) is 0 Å². The van der Waals surface area contributed by atoms with Gasteiger partial charge in [-0.3, -0.25) is 9.69 Å². The van der Waals surface area contributed by atoms with Gasteiger partial charge < -0.3 is 10.4 Å². The van der Waals surface area contributed by atoms with E-state index in [0.29, 0.717) is 17.6 Å². The van der Waals surface area contributed by atoms with Crippen molar-refractivity contribution in [2.45, 2.75) is 19.4 Å². The maximum atomic E-state index is 11.7. The minimum Gasteiger partial charge on any atom is -0.393 e. The molecule has 1 amide bonds. The number of hydrogen-bond donors (Lipinski definition) is 2. The van der Waals surface area contributed by atoms with Gasteiger partial charge in [-0.2, -0.15) is 0 Å². The second kappa shape index (κ2) is 5.57. The molecule has 2 unspecified atom stereocenters. The Morgan fingerprint density at radius 3 is 3.24 bits per heavy atom. The van der Waals surface area contributed by atoms with E-state index in [-0.39, 0.29) is 12.0 Å². The van der Waals surface area contributed by atoms with Crippen molar-refractivity contribution in [1.82, 2.24) is 9.88 Å². The zero-order chi connectivity index (χ0) is 12.3. The summed E-state index contributed by atoms with van der Waals surface area (Å²) in [4.78, 5) is 17.8. The highest BCUT2D eigenvalue weighted by Gasteiger charge is 2.27. The third-order valence-corrected chi connectivity index (χ3v) is 3.73. The molecule has 94 valence electrons. The molecule has 6 heteroatoms. The average molecular weight is 255 g/mol. The number of aliphatic hydroxyl groups is 1. The number of amides is 1. The normalized spacial score (nSPS) is 22.6. The van der Waals surface area contributed by atoms with Crippen molar-refractivity contribution >= 4 is 22.4 Å². The third-order valence-electron chi connectivity index (χ3n) is 3.04. The van der Waals surface area contributed by atoms with Crippen LogP contribution in [0.3, 0.4) is 0 Å². The van der Waals surface area contributed by atoms with Crippen LogP contribution in [0, 0.1) is 5.92 Å². The van der Waals surface area contributed by atoms with Crippen molar-refractivity contribution in [3.63, 3.8) is 0 Å². The van der Waals surface area contributed by atoms with E-state index in [1.807, 2.05) is 12.3 Å². The van der Waals surface area contributed by atoms with Gasteiger partial charge in [0, 0.05) is 18.1 Å². The molecule has 0 radical (unpaired) electrons. The van der Waals surface area contributed by atoms with Gasteiger partial charge in [-0.1, -0.05) is 0 Å². The van der Waals surface area contributed by atoms with Crippen molar-refractivity contribution < 1.29 is 9.90 Å². The predicted octanol–water partition coefficient (Wildman–Crippen LogP) is 0.784. The molecule has 2 atom stereocenters. The van der Waals surface area contributed by atoms with Crippen LogP contribution in [0.5, 0.6) is 0 Å². The molecule has 0 saturated carbocycles. The topological polar surface area (TPSA) is 65.5 Å². The monoisotopic (exact) mass is 255 g/mol. The first-order valence-electron chi connectivity index (χ1n) is 5.75. The van der Waals surface area contributed by atoms with Gasteiger partial charge in [0.05, 0.1) is 12.6 Å². The second-order valence-electron chi connectivity index (χ2n) is 4.41. The average Bonchev–Trinajstić information content (AvgIpc) is 2.88. The molecule has 1 aliphatic heterocycles. The summed E-state index contributed by atoms with van der Waals surface area (Å²) in [6, 6.07) is 0. The number of hydrogen-bond acceptors (Lipinski definition) is 5. The molecule has 1 aliphatic rings. The van der Waals surface area contributed by atoms with E-state index in [1.165, 1.54) is 11.3 Å². The number of aromatic nitrogens is 1. The zero-order valence-corrected chi connectivity index (χ0v) is 10.6.